The molecular formula is C28H29N3O4. The first-order chi connectivity index (χ1) is 17.0. The molecule has 2 atom stereocenters. The summed E-state index contributed by atoms with van der Waals surface area (Å²) in [5.74, 6) is 1.17. The highest BCUT2D eigenvalue weighted by atomic mass is 16.7. The highest BCUT2D eigenvalue weighted by molar-refractivity contribution is 6.07. The van der Waals surface area contributed by atoms with Gasteiger partial charge in [0.05, 0.1) is 11.4 Å². The van der Waals surface area contributed by atoms with Crippen molar-refractivity contribution in [3.8, 4) is 11.5 Å². The average Bonchev–Trinajstić information content (AvgIpc) is 3.50. The molecule has 2 aromatic carbocycles. The fourth-order valence-corrected chi connectivity index (χ4v) is 5.82. The molecule has 1 amide bonds. The molecule has 0 fully saturated rings. The van der Waals surface area contributed by atoms with Gasteiger partial charge in [0.25, 0.3) is 5.91 Å². The SMILES string of the molecule is CCN(CC)C(=O)[C@@H]1C=C2c3cccc4c3c(cn4C(=O)c3ccc4c(c3)OCO4)C[C@H]2N(C)C1. The molecule has 0 unspecified atom stereocenters. The summed E-state index contributed by atoms with van der Waals surface area (Å²) < 4.78 is 12.6. The smallest absolute Gasteiger partial charge is 0.262 e. The lowest BCUT2D eigenvalue weighted by Gasteiger charge is -2.40. The topological polar surface area (TPSA) is 64.0 Å². The lowest BCUT2D eigenvalue weighted by atomic mass is 9.79. The molecule has 2 aliphatic heterocycles. The standard InChI is InChI=1S/C28H29N3O4/c1-4-30(5-2)27(32)19-11-21-20-7-6-8-22-26(20)18(12-23(21)29(3)14-19)15-31(22)28(33)17-9-10-24-25(13-17)35-16-34-24/h6-11,13,15,19,23H,4-5,12,14,16H2,1-3H3/t19-,23-/m1/s1. The third kappa shape index (κ3) is 3.37. The molecule has 0 radical (unpaired) electrons. The second-order valence-electron chi connectivity index (χ2n) is 9.50. The summed E-state index contributed by atoms with van der Waals surface area (Å²) in [4.78, 5) is 31.0. The predicted molar refractivity (Wildman–Crippen MR) is 134 cm³/mol. The number of nitrogens with zero attached hydrogens (tertiary/aromatic N) is 3. The summed E-state index contributed by atoms with van der Waals surface area (Å²) >= 11 is 0. The summed E-state index contributed by atoms with van der Waals surface area (Å²) in [6.07, 6.45) is 4.97. The molecule has 0 spiro atoms. The van der Waals surface area contributed by atoms with Gasteiger partial charge in [0, 0.05) is 42.8 Å². The number of carbonyl (C=O) groups is 2. The monoisotopic (exact) mass is 471 g/mol. The van der Waals surface area contributed by atoms with Crippen molar-refractivity contribution in [2.45, 2.75) is 26.3 Å². The minimum Gasteiger partial charge on any atom is -0.454 e. The van der Waals surface area contributed by atoms with Crippen molar-refractivity contribution in [1.29, 1.82) is 0 Å². The van der Waals surface area contributed by atoms with Crippen LogP contribution in [0.4, 0.5) is 0 Å². The van der Waals surface area contributed by atoms with Crippen LogP contribution in [0.3, 0.4) is 0 Å². The quantitative estimate of drug-likeness (QED) is 0.579. The van der Waals surface area contributed by atoms with Crippen LogP contribution in [0.2, 0.25) is 0 Å². The zero-order valence-electron chi connectivity index (χ0n) is 20.3. The maximum atomic E-state index is 13.6. The van der Waals surface area contributed by atoms with Crippen molar-refractivity contribution in [2.24, 2.45) is 5.92 Å². The van der Waals surface area contributed by atoms with E-state index in [4.69, 9.17) is 9.47 Å². The number of rotatable bonds is 4. The molecule has 7 heteroatoms. The molecule has 180 valence electrons. The number of fused-ring (bicyclic) bond motifs is 3. The van der Waals surface area contributed by atoms with Crippen LogP contribution in [-0.2, 0) is 11.2 Å². The number of benzene rings is 2. The van der Waals surface area contributed by atoms with E-state index in [1.54, 1.807) is 22.8 Å². The van der Waals surface area contributed by atoms with Gasteiger partial charge in [-0.15, -0.1) is 0 Å². The Bertz CT molecular complexity index is 1380. The van der Waals surface area contributed by atoms with Crippen LogP contribution in [-0.4, -0.2) is 65.7 Å². The van der Waals surface area contributed by atoms with Crippen LogP contribution in [0.5, 0.6) is 11.5 Å². The first-order valence-corrected chi connectivity index (χ1v) is 12.3. The Morgan fingerprint density at radius 2 is 1.89 bits per heavy atom. The summed E-state index contributed by atoms with van der Waals surface area (Å²) in [5, 5.41) is 1.11. The average molecular weight is 472 g/mol. The number of hydrogen-bond acceptors (Lipinski definition) is 5. The minimum atomic E-state index is -0.166. The number of carbonyl (C=O) groups excluding carboxylic acids is 2. The van der Waals surface area contributed by atoms with Crippen LogP contribution < -0.4 is 9.47 Å². The molecule has 3 heterocycles. The van der Waals surface area contributed by atoms with Gasteiger partial charge in [0.2, 0.25) is 12.7 Å². The van der Waals surface area contributed by atoms with Crippen molar-refractivity contribution < 1.29 is 19.1 Å². The Labute approximate surface area is 204 Å². The van der Waals surface area contributed by atoms with Crippen LogP contribution in [0.1, 0.15) is 35.3 Å². The molecule has 1 aromatic heterocycles. The highest BCUT2D eigenvalue weighted by Crippen LogP contribution is 2.42. The van der Waals surface area contributed by atoms with Crippen molar-refractivity contribution in [3.63, 3.8) is 0 Å². The van der Waals surface area contributed by atoms with Crippen molar-refractivity contribution >= 4 is 28.3 Å². The first-order valence-electron chi connectivity index (χ1n) is 12.3. The van der Waals surface area contributed by atoms with Crippen LogP contribution in [0.15, 0.2) is 48.7 Å². The van der Waals surface area contributed by atoms with E-state index in [2.05, 4.69) is 24.1 Å². The van der Waals surface area contributed by atoms with E-state index < -0.39 is 0 Å². The van der Waals surface area contributed by atoms with Crippen molar-refractivity contribution in [1.82, 2.24) is 14.4 Å². The molecule has 0 bridgehead atoms. The molecular weight excluding hydrogens is 442 g/mol. The summed E-state index contributed by atoms with van der Waals surface area (Å²) in [6.45, 7) is 6.36. The van der Waals surface area contributed by atoms with Crippen LogP contribution in [0.25, 0.3) is 16.5 Å². The largest absolute Gasteiger partial charge is 0.454 e. The lowest BCUT2D eigenvalue weighted by molar-refractivity contribution is -0.134. The van der Waals surface area contributed by atoms with E-state index in [1.807, 2.05) is 37.1 Å². The molecule has 7 nitrogen and oxygen atoms in total. The van der Waals surface area contributed by atoms with Gasteiger partial charge in [-0.25, -0.2) is 0 Å². The third-order valence-electron chi connectivity index (χ3n) is 7.62. The summed E-state index contributed by atoms with van der Waals surface area (Å²) in [5.41, 5.74) is 4.91. The lowest BCUT2D eigenvalue weighted by Crippen LogP contribution is -2.47. The maximum absolute atomic E-state index is 13.6. The molecule has 6 rings (SSSR count). The first kappa shape index (κ1) is 21.9. The van der Waals surface area contributed by atoms with E-state index in [-0.39, 0.29) is 30.6 Å². The molecule has 3 aliphatic rings. The zero-order valence-corrected chi connectivity index (χ0v) is 20.3. The Morgan fingerprint density at radius 1 is 1.09 bits per heavy atom. The van der Waals surface area contributed by atoms with E-state index in [0.29, 0.717) is 36.7 Å². The van der Waals surface area contributed by atoms with E-state index in [0.717, 1.165) is 28.5 Å². The van der Waals surface area contributed by atoms with Gasteiger partial charge >= 0.3 is 0 Å². The predicted octanol–water partition coefficient (Wildman–Crippen LogP) is 3.80. The molecule has 0 saturated heterocycles. The number of amides is 1. The second-order valence-corrected chi connectivity index (χ2v) is 9.50. The van der Waals surface area contributed by atoms with Gasteiger partial charge in [-0.1, -0.05) is 18.2 Å². The minimum absolute atomic E-state index is 0.0986. The Kier molecular flexibility index (Phi) is 5.18. The van der Waals surface area contributed by atoms with Gasteiger partial charge in [-0.05, 0) is 68.3 Å². The summed E-state index contributed by atoms with van der Waals surface area (Å²) in [6, 6.07) is 11.6. The van der Waals surface area contributed by atoms with Crippen LogP contribution in [0, 0.1) is 5.92 Å². The molecule has 3 aromatic rings. The van der Waals surface area contributed by atoms with E-state index >= 15 is 0 Å². The number of ether oxygens (including phenoxy) is 2. The third-order valence-corrected chi connectivity index (χ3v) is 7.62. The normalized spacial score (nSPS) is 20.5. The number of likely N-dealkylation sites (N-methyl/N-ethyl adjacent to an activating group) is 1. The Balaban J connectivity index is 1.43. The Morgan fingerprint density at radius 3 is 2.69 bits per heavy atom. The highest BCUT2D eigenvalue weighted by Gasteiger charge is 2.37. The summed E-state index contributed by atoms with van der Waals surface area (Å²) in [7, 11) is 2.10. The van der Waals surface area contributed by atoms with Crippen molar-refractivity contribution in [2.75, 3.05) is 33.5 Å². The Hall–Kier alpha value is -3.58. The van der Waals surface area contributed by atoms with Gasteiger partial charge < -0.3 is 14.4 Å². The molecule has 0 saturated carbocycles. The number of aromatic nitrogens is 1. The molecule has 1 aliphatic carbocycles. The molecule has 35 heavy (non-hydrogen) atoms. The van der Waals surface area contributed by atoms with E-state index in [9.17, 15) is 9.59 Å². The zero-order chi connectivity index (χ0) is 24.3. The van der Waals surface area contributed by atoms with Crippen molar-refractivity contribution in [3.05, 3.63) is 65.4 Å². The van der Waals surface area contributed by atoms with Gasteiger partial charge in [-0.2, -0.15) is 0 Å². The van der Waals surface area contributed by atoms with Crippen LogP contribution >= 0.6 is 0 Å². The van der Waals surface area contributed by atoms with Gasteiger partial charge in [-0.3, -0.25) is 19.1 Å². The second kappa shape index (κ2) is 8.27. The van der Waals surface area contributed by atoms with E-state index in [1.165, 1.54) is 5.57 Å². The van der Waals surface area contributed by atoms with Gasteiger partial charge in [0.15, 0.2) is 11.5 Å². The molecule has 0 N–H and O–H groups in total. The van der Waals surface area contributed by atoms with Gasteiger partial charge in [0.1, 0.15) is 0 Å². The fraction of sp³-hybridized carbons (Fsp3) is 0.357. The maximum Gasteiger partial charge on any atom is 0.262 e. The fourth-order valence-electron chi connectivity index (χ4n) is 5.82. The number of hydrogen-bond donors (Lipinski definition) is 0.